The topological polar surface area (TPSA) is 92.3 Å². The van der Waals surface area contributed by atoms with Gasteiger partial charge in [-0.05, 0) is 67.6 Å². The zero-order valence-corrected chi connectivity index (χ0v) is 15.1. The molecule has 8 heteroatoms. The first kappa shape index (κ1) is 17.5. The number of fused-ring (bicyclic) bond motifs is 1. The van der Waals surface area contributed by atoms with Gasteiger partial charge in [-0.1, -0.05) is 0 Å². The van der Waals surface area contributed by atoms with Crippen LogP contribution in [0.3, 0.4) is 0 Å². The van der Waals surface area contributed by atoms with Gasteiger partial charge in [0.25, 0.3) is 10.0 Å². The van der Waals surface area contributed by atoms with Crippen LogP contribution in [0.25, 0.3) is 0 Å². The van der Waals surface area contributed by atoms with Crippen molar-refractivity contribution in [1.29, 1.82) is 0 Å². The lowest BCUT2D eigenvalue weighted by atomic mass is 9.94. The van der Waals surface area contributed by atoms with Crippen molar-refractivity contribution in [2.45, 2.75) is 49.8 Å². The third-order valence-corrected chi connectivity index (χ3v) is 6.86. The number of hydrogen-bond donors (Lipinski definition) is 2. The van der Waals surface area contributed by atoms with Crippen molar-refractivity contribution >= 4 is 27.5 Å². The highest BCUT2D eigenvalue weighted by molar-refractivity contribution is 7.90. The summed E-state index contributed by atoms with van der Waals surface area (Å²) in [6.45, 7) is 0. The quantitative estimate of drug-likeness (QED) is 0.792. The number of anilines is 1. The maximum Gasteiger partial charge on any atom is 0.266 e. The number of aryl methyl sites for hydroxylation is 1. The largest absolute Gasteiger partial charge is 0.326 e. The number of rotatable bonds is 6. The van der Waals surface area contributed by atoms with E-state index in [0.29, 0.717) is 23.8 Å². The predicted octanol–water partition coefficient (Wildman–Crippen LogP) is 2.34. The standard InChI is InChI=1S/C18H21FN2O4S/c19-14-9-15-12(5-6-17(22)20-15)7-16(14)26(24,25)21-18(23)8-13(10-1-2-10)11-3-4-11/h7,9-11,13H,1-6,8H2,(H,20,22)(H,21,23). The highest BCUT2D eigenvalue weighted by Crippen LogP contribution is 2.50. The van der Waals surface area contributed by atoms with Crippen LogP contribution < -0.4 is 10.0 Å². The summed E-state index contributed by atoms with van der Waals surface area (Å²) in [5, 5.41) is 2.52. The molecule has 0 saturated heterocycles. The molecule has 4 rings (SSSR count). The van der Waals surface area contributed by atoms with Crippen molar-refractivity contribution in [3.63, 3.8) is 0 Å². The van der Waals surface area contributed by atoms with Crippen molar-refractivity contribution in [3.8, 4) is 0 Å². The first-order valence-corrected chi connectivity index (χ1v) is 10.5. The molecule has 0 spiro atoms. The fourth-order valence-corrected chi connectivity index (χ4v) is 4.92. The molecule has 3 aliphatic rings. The van der Waals surface area contributed by atoms with Crippen LogP contribution in [-0.2, 0) is 26.0 Å². The van der Waals surface area contributed by atoms with Gasteiger partial charge >= 0.3 is 0 Å². The Morgan fingerprint density at radius 3 is 2.46 bits per heavy atom. The molecule has 1 aliphatic heterocycles. The molecule has 6 nitrogen and oxygen atoms in total. The van der Waals surface area contributed by atoms with Crippen molar-refractivity contribution in [1.82, 2.24) is 4.72 Å². The smallest absolute Gasteiger partial charge is 0.266 e. The van der Waals surface area contributed by atoms with Gasteiger partial charge in [0, 0.05) is 18.5 Å². The van der Waals surface area contributed by atoms with E-state index >= 15 is 0 Å². The van der Waals surface area contributed by atoms with Crippen molar-refractivity contribution in [2.24, 2.45) is 17.8 Å². The molecule has 0 unspecified atom stereocenters. The molecule has 1 aromatic rings. The van der Waals surface area contributed by atoms with Crippen LogP contribution in [0.1, 0.15) is 44.1 Å². The number of hydrogen-bond acceptors (Lipinski definition) is 4. The molecule has 2 aliphatic carbocycles. The van der Waals surface area contributed by atoms with Crippen molar-refractivity contribution < 1.29 is 22.4 Å². The van der Waals surface area contributed by atoms with Gasteiger partial charge in [-0.3, -0.25) is 9.59 Å². The highest BCUT2D eigenvalue weighted by atomic mass is 32.2. The number of benzene rings is 1. The highest BCUT2D eigenvalue weighted by Gasteiger charge is 2.42. The summed E-state index contributed by atoms with van der Waals surface area (Å²) < 4.78 is 41.4. The van der Waals surface area contributed by atoms with E-state index in [4.69, 9.17) is 0 Å². The average molecular weight is 380 g/mol. The fourth-order valence-electron chi connectivity index (χ4n) is 3.81. The average Bonchev–Trinajstić information content (AvgIpc) is 3.45. The second kappa shape index (κ2) is 6.33. The van der Waals surface area contributed by atoms with Gasteiger partial charge in [0.15, 0.2) is 0 Å². The number of amides is 2. The van der Waals surface area contributed by atoms with Crippen LogP contribution in [-0.4, -0.2) is 20.2 Å². The molecule has 2 saturated carbocycles. The molecule has 1 heterocycles. The lowest BCUT2D eigenvalue weighted by Crippen LogP contribution is -2.33. The number of carbonyl (C=O) groups is 2. The predicted molar refractivity (Wildman–Crippen MR) is 92.2 cm³/mol. The Bertz CT molecular complexity index is 863. The van der Waals surface area contributed by atoms with Crippen LogP contribution in [0.4, 0.5) is 10.1 Å². The first-order chi connectivity index (χ1) is 12.3. The summed E-state index contributed by atoms with van der Waals surface area (Å²) in [4.78, 5) is 23.1. The summed E-state index contributed by atoms with van der Waals surface area (Å²) >= 11 is 0. The molecule has 2 fully saturated rings. The molecule has 140 valence electrons. The molecule has 0 atom stereocenters. The first-order valence-electron chi connectivity index (χ1n) is 9.01. The molecule has 2 N–H and O–H groups in total. The molecule has 2 amide bonds. The minimum atomic E-state index is -4.28. The summed E-state index contributed by atoms with van der Waals surface area (Å²) in [6, 6.07) is 2.21. The van der Waals surface area contributed by atoms with E-state index in [1.54, 1.807) is 0 Å². The summed E-state index contributed by atoms with van der Waals surface area (Å²) in [5.41, 5.74) is 0.833. The molecule has 0 bridgehead atoms. The van der Waals surface area contributed by atoms with Crippen LogP contribution in [0, 0.1) is 23.6 Å². The molecular weight excluding hydrogens is 359 g/mol. The number of nitrogens with one attached hydrogen (secondary N) is 2. The van der Waals surface area contributed by atoms with E-state index in [1.165, 1.54) is 6.07 Å². The Kier molecular flexibility index (Phi) is 4.25. The van der Waals surface area contributed by atoms with Gasteiger partial charge in [0.2, 0.25) is 11.8 Å². The molecule has 1 aromatic carbocycles. The second-order valence-electron chi connectivity index (χ2n) is 7.56. The molecule has 0 aromatic heterocycles. The van der Waals surface area contributed by atoms with Crippen LogP contribution in [0.5, 0.6) is 0 Å². The molecule has 26 heavy (non-hydrogen) atoms. The minimum Gasteiger partial charge on any atom is -0.326 e. The van der Waals surface area contributed by atoms with Gasteiger partial charge in [-0.15, -0.1) is 0 Å². The third-order valence-electron chi connectivity index (χ3n) is 5.47. The van der Waals surface area contributed by atoms with Crippen LogP contribution in [0.2, 0.25) is 0 Å². The Balaban J connectivity index is 1.51. The van der Waals surface area contributed by atoms with E-state index in [9.17, 15) is 22.4 Å². The number of halogens is 1. The lowest BCUT2D eigenvalue weighted by Gasteiger charge is -2.19. The minimum absolute atomic E-state index is 0.178. The molecule has 0 radical (unpaired) electrons. The molecular formula is C18H21FN2O4S. The lowest BCUT2D eigenvalue weighted by molar-refractivity contribution is -0.120. The fraction of sp³-hybridized carbons (Fsp3) is 0.556. The van der Waals surface area contributed by atoms with Crippen molar-refractivity contribution in [2.75, 3.05) is 5.32 Å². The second-order valence-corrected chi connectivity index (χ2v) is 9.21. The van der Waals surface area contributed by atoms with E-state index in [1.807, 2.05) is 4.72 Å². The Morgan fingerprint density at radius 1 is 1.19 bits per heavy atom. The van der Waals surface area contributed by atoms with E-state index in [2.05, 4.69) is 5.32 Å². The van der Waals surface area contributed by atoms with Gasteiger partial charge in [0.05, 0.1) is 0 Å². The van der Waals surface area contributed by atoms with Gasteiger partial charge in [-0.2, -0.15) is 0 Å². The van der Waals surface area contributed by atoms with Crippen LogP contribution in [0.15, 0.2) is 17.0 Å². The summed E-state index contributed by atoms with van der Waals surface area (Å²) in [5.74, 6) is -0.479. The monoisotopic (exact) mass is 380 g/mol. The SMILES string of the molecule is O=C1CCc2cc(S(=O)(=O)NC(=O)CC(C3CC3)C3CC3)c(F)cc2N1. The van der Waals surface area contributed by atoms with Gasteiger partial charge < -0.3 is 5.32 Å². The van der Waals surface area contributed by atoms with E-state index < -0.39 is 26.6 Å². The Hall–Kier alpha value is -1.96. The van der Waals surface area contributed by atoms with Gasteiger partial charge in [0.1, 0.15) is 10.7 Å². The number of carbonyl (C=O) groups excluding carboxylic acids is 2. The Labute approximate surface area is 151 Å². The normalized spacial score (nSPS) is 19.8. The number of sulfonamides is 1. The van der Waals surface area contributed by atoms with Crippen molar-refractivity contribution in [3.05, 3.63) is 23.5 Å². The summed E-state index contributed by atoms with van der Waals surface area (Å²) in [7, 11) is -4.28. The van der Waals surface area contributed by atoms with E-state index in [0.717, 1.165) is 31.7 Å². The van der Waals surface area contributed by atoms with Crippen LogP contribution >= 0.6 is 0 Å². The summed E-state index contributed by atoms with van der Waals surface area (Å²) in [6.07, 6.45) is 5.15. The Morgan fingerprint density at radius 2 is 1.85 bits per heavy atom. The zero-order chi connectivity index (χ0) is 18.5. The third kappa shape index (κ3) is 3.60. The van der Waals surface area contributed by atoms with Gasteiger partial charge in [-0.25, -0.2) is 17.5 Å². The van der Waals surface area contributed by atoms with E-state index in [-0.39, 0.29) is 30.4 Å². The maximum absolute atomic E-state index is 14.3. The zero-order valence-electron chi connectivity index (χ0n) is 14.3. The maximum atomic E-state index is 14.3.